The zero-order valence-corrected chi connectivity index (χ0v) is 18.2. The minimum atomic E-state index is -4.83. The van der Waals surface area contributed by atoms with Gasteiger partial charge in [0, 0.05) is 22.7 Å². The molecule has 3 aromatic carbocycles. The molecule has 0 radical (unpaired) electrons. The van der Waals surface area contributed by atoms with Crippen molar-refractivity contribution in [1.82, 2.24) is 0 Å². The van der Waals surface area contributed by atoms with Gasteiger partial charge in [0.25, 0.3) is 5.91 Å². The number of halogens is 4. The Bertz CT molecular complexity index is 1410. The number of carbonyl (C=O) groups is 2. The largest absolute Gasteiger partial charge is 0.497 e. The number of rotatable bonds is 6. The highest BCUT2D eigenvalue weighted by atomic mass is 19.4. The summed E-state index contributed by atoms with van der Waals surface area (Å²) in [6, 6.07) is 13.0. The van der Waals surface area contributed by atoms with Crippen molar-refractivity contribution >= 4 is 34.2 Å². The van der Waals surface area contributed by atoms with E-state index in [1.807, 2.05) is 0 Å². The van der Waals surface area contributed by atoms with E-state index in [1.54, 1.807) is 18.2 Å². The van der Waals surface area contributed by atoms with E-state index < -0.39 is 35.1 Å². The van der Waals surface area contributed by atoms with E-state index in [1.165, 1.54) is 37.6 Å². The Balaban J connectivity index is 1.54. The van der Waals surface area contributed by atoms with Gasteiger partial charge in [-0.2, -0.15) is 13.2 Å². The number of anilines is 2. The molecule has 10 heteroatoms. The molecule has 180 valence electrons. The number of nitrogens with one attached hydrogen (secondary N) is 2. The van der Waals surface area contributed by atoms with Crippen LogP contribution in [0.5, 0.6) is 5.75 Å². The molecule has 4 rings (SSSR count). The predicted molar refractivity (Wildman–Crippen MR) is 121 cm³/mol. The van der Waals surface area contributed by atoms with E-state index in [2.05, 4.69) is 10.6 Å². The first-order valence-corrected chi connectivity index (χ1v) is 10.3. The molecular weight excluding hydrogens is 468 g/mol. The van der Waals surface area contributed by atoms with E-state index in [-0.39, 0.29) is 17.7 Å². The van der Waals surface area contributed by atoms with Crippen LogP contribution in [0.15, 0.2) is 71.3 Å². The van der Waals surface area contributed by atoms with E-state index >= 15 is 0 Å². The third-order valence-corrected chi connectivity index (χ3v) is 5.19. The van der Waals surface area contributed by atoms with Crippen molar-refractivity contribution < 1.29 is 36.3 Å². The molecule has 4 aromatic rings. The molecule has 1 heterocycles. The summed E-state index contributed by atoms with van der Waals surface area (Å²) in [5.41, 5.74) is -1.22. The fourth-order valence-electron chi connectivity index (χ4n) is 3.50. The molecule has 0 spiro atoms. The maximum absolute atomic E-state index is 13.8. The monoisotopic (exact) mass is 486 g/mol. The first-order chi connectivity index (χ1) is 16.7. The van der Waals surface area contributed by atoms with Crippen molar-refractivity contribution in [2.75, 3.05) is 17.7 Å². The molecular formula is C25H18F4N2O4. The number of fused-ring (bicyclic) bond motifs is 1. The number of methoxy groups -OCH3 is 1. The molecule has 35 heavy (non-hydrogen) atoms. The summed E-state index contributed by atoms with van der Waals surface area (Å²) in [6.45, 7) is 0. The van der Waals surface area contributed by atoms with Gasteiger partial charge in [-0.15, -0.1) is 0 Å². The Morgan fingerprint density at radius 1 is 1.00 bits per heavy atom. The van der Waals surface area contributed by atoms with Crippen LogP contribution in [0.1, 0.15) is 21.5 Å². The number of carbonyl (C=O) groups excluding carboxylic acids is 2. The fourth-order valence-corrected chi connectivity index (χ4v) is 3.50. The summed E-state index contributed by atoms with van der Waals surface area (Å²) in [5.74, 6) is -1.86. The average molecular weight is 486 g/mol. The lowest BCUT2D eigenvalue weighted by molar-refractivity contribution is -0.136. The number of ether oxygens (including phenoxy) is 1. The lowest BCUT2D eigenvalue weighted by Crippen LogP contribution is -2.19. The zero-order chi connectivity index (χ0) is 25.2. The van der Waals surface area contributed by atoms with E-state index in [0.29, 0.717) is 28.3 Å². The van der Waals surface area contributed by atoms with Gasteiger partial charge in [0.2, 0.25) is 5.91 Å². The molecule has 0 aliphatic carbocycles. The van der Waals surface area contributed by atoms with Crippen LogP contribution in [-0.2, 0) is 17.4 Å². The van der Waals surface area contributed by atoms with Crippen molar-refractivity contribution in [3.63, 3.8) is 0 Å². The molecule has 0 aliphatic heterocycles. The highest BCUT2D eigenvalue weighted by molar-refractivity contribution is 6.04. The molecule has 2 amide bonds. The Hall–Kier alpha value is -4.34. The van der Waals surface area contributed by atoms with Crippen molar-refractivity contribution in [2.24, 2.45) is 0 Å². The molecule has 1 aromatic heterocycles. The summed E-state index contributed by atoms with van der Waals surface area (Å²) in [7, 11) is 1.49. The predicted octanol–water partition coefficient (Wildman–Crippen LogP) is 6.03. The normalized spacial score (nSPS) is 11.3. The minimum Gasteiger partial charge on any atom is -0.497 e. The SMILES string of the molecule is COc1ccc2c(CC(=O)Nc3ccc(NC(=O)c4ccccc4F)cc3C(F)(F)F)coc2c1. The van der Waals surface area contributed by atoms with E-state index in [0.717, 1.165) is 12.1 Å². The zero-order valence-electron chi connectivity index (χ0n) is 18.2. The summed E-state index contributed by atoms with van der Waals surface area (Å²) in [6.07, 6.45) is -3.71. The molecule has 0 fully saturated rings. The molecule has 6 nitrogen and oxygen atoms in total. The Morgan fingerprint density at radius 2 is 1.77 bits per heavy atom. The lowest BCUT2D eigenvalue weighted by Gasteiger charge is -2.16. The summed E-state index contributed by atoms with van der Waals surface area (Å²) < 4.78 is 65.5. The summed E-state index contributed by atoms with van der Waals surface area (Å²) in [4.78, 5) is 24.8. The standard InChI is InChI=1S/C25H18F4N2O4/c1-34-16-7-8-17-14(13-35-22(17)12-16)10-23(32)31-21-9-6-15(11-19(21)25(27,28)29)30-24(33)18-4-2-3-5-20(18)26/h2-9,11-13H,10H2,1H3,(H,30,33)(H,31,32). The van der Waals surface area contributed by atoms with Gasteiger partial charge in [0.1, 0.15) is 17.1 Å². The van der Waals surface area contributed by atoms with Crippen LogP contribution in [0, 0.1) is 5.82 Å². The van der Waals surface area contributed by atoms with Gasteiger partial charge >= 0.3 is 6.18 Å². The Kier molecular flexibility index (Phi) is 6.46. The van der Waals surface area contributed by atoms with Crippen molar-refractivity contribution in [3.05, 3.63) is 89.4 Å². The molecule has 0 saturated heterocycles. The molecule has 0 unspecified atom stereocenters. The quantitative estimate of drug-likeness (QED) is 0.326. The number of furan rings is 1. The summed E-state index contributed by atoms with van der Waals surface area (Å²) in [5, 5.41) is 5.14. The van der Waals surface area contributed by atoms with Gasteiger partial charge < -0.3 is 19.8 Å². The first kappa shape index (κ1) is 23.8. The van der Waals surface area contributed by atoms with Crippen LogP contribution in [0.2, 0.25) is 0 Å². The topological polar surface area (TPSA) is 80.6 Å². The number of hydrogen-bond acceptors (Lipinski definition) is 4. The highest BCUT2D eigenvalue weighted by Gasteiger charge is 2.34. The van der Waals surface area contributed by atoms with Crippen molar-refractivity contribution in [1.29, 1.82) is 0 Å². The van der Waals surface area contributed by atoms with Crippen molar-refractivity contribution in [2.45, 2.75) is 12.6 Å². The third kappa shape index (κ3) is 5.26. The Labute approximate surface area is 196 Å². The molecule has 0 bridgehead atoms. The number of alkyl halides is 3. The smallest absolute Gasteiger partial charge is 0.418 e. The van der Waals surface area contributed by atoms with E-state index in [4.69, 9.17) is 9.15 Å². The van der Waals surface area contributed by atoms with Crippen LogP contribution >= 0.6 is 0 Å². The van der Waals surface area contributed by atoms with E-state index in [9.17, 15) is 27.2 Å². The maximum Gasteiger partial charge on any atom is 0.418 e. The highest BCUT2D eigenvalue weighted by Crippen LogP contribution is 2.37. The minimum absolute atomic E-state index is 0.210. The second kappa shape index (κ2) is 9.49. The van der Waals surface area contributed by atoms with Crippen molar-refractivity contribution in [3.8, 4) is 5.75 Å². The van der Waals surface area contributed by atoms with Gasteiger partial charge in [-0.1, -0.05) is 12.1 Å². The van der Waals surface area contributed by atoms with Gasteiger partial charge in [-0.3, -0.25) is 9.59 Å². The van der Waals surface area contributed by atoms with Gasteiger partial charge in [-0.25, -0.2) is 4.39 Å². The number of hydrogen-bond donors (Lipinski definition) is 2. The Morgan fingerprint density at radius 3 is 2.49 bits per heavy atom. The summed E-state index contributed by atoms with van der Waals surface area (Å²) >= 11 is 0. The van der Waals surface area contributed by atoms with Crippen LogP contribution in [0.3, 0.4) is 0 Å². The van der Waals surface area contributed by atoms with Crippen LogP contribution in [0.25, 0.3) is 11.0 Å². The van der Waals surface area contributed by atoms with Gasteiger partial charge in [0.05, 0.1) is 36.6 Å². The molecule has 0 atom stereocenters. The average Bonchev–Trinajstić information content (AvgIpc) is 3.21. The molecule has 0 saturated carbocycles. The van der Waals surface area contributed by atoms with Gasteiger partial charge in [0.15, 0.2) is 0 Å². The van der Waals surface area contributed by atoms with Gasteiger partial charge in [-0.05, 0) is 42.5 Å². The number of benzene rings is 3. The second-order valence-electron chi connectivity index (χ2n) is 7.54. The molecule has 2 N–H and O–H groups in total. The first-order valence-electron chi connectivity index (χ1n) is 10.3. The molecule has 0 aliphatic rings. The third-order valence-electron chi connectivity index (χ3n) is 5.19. The number of amides is 2. The lowest BCUT2D eigenvalue weighted by atomic mass is 10.1. The second-order valence-corrected chi connectivity index (χ2v) is 7.54. The van der Waals surface area contributed by atoms with Crippen LogP contribution in [-0.4, -0.2) is 18.9 Å². The van der Waals surface area contributed by atoms with Crippen LogP contribution < -0.4 is 15.4 Å². The van der Waals surface area contributed by atoms with Crippen LogP contribution in [0.4, 0.5) is 28.9 Å². The maximum atomic E-state index is 13.8. The fraction of sp³-hybridized carbons (Fsp3) is 0.120.